The first-order valence-corrected chi connectivity index (χ1v) is 12.1. The van der Waals surface area contributed by atoms with Crippen LogP contribution in [0.1, 0.15) is 57.6 Å². The van der Waals surface area contributed by atoms with Crippen LogP contribution in [0.15, 0.2) is 4.99 Å². The van der Waals surface area contributed by atoms with E-state index in [-0.39, 0.29) is 30.0 Å². The summed E-state index contributed by atoms with van der Waals surface area (Å²) in [7, 11) is 0. The molecule has 0 saturated carbocycles. The number of halogens is 1. The maximum atomic E-state index is 12.8. The lowest BCUT2D eigenvalue weighted by Crippen LogP contribution is -2.57. The molecule has 4 heterocycles. The predicted molar refractivity (Wildman–Crippen MR) is 136 cm³/mol. The van der Waals surface area contributed by atoms with Gasteiger partial charge in [0.25, 0.3) is 0 Å². The van der Waals surface area contributed by atoms with Gasteiger partial charge in [0.2, 0.25) is 5.91 Å². The Morgan fingerprint density at radius 3 is 2.41 bits per heavy atom. The van der Waals surface area contributed by atoms with Crippen LogP contribution in [0, 0.1) is 0 Å². The topological polar surface area (TPSA) is 81.9 Å². The van der Waals surface area contributed by atoms with E-state index in [0.29, 0.717) is 12.5 Å². The minimum Gasteiger partial charge on any atom is -0.357 e. The Labute approximate surface area is 209 Å². The van der Waals surface area contributed by atoms with E-state index in [1.165, 1.54) is 19.3 Å². The summed E-state index contributed by atoms with van der Waals surface area (Å²) in [6.07, 6.45) is 6.96. The lowest BCUT2D eigenvalue weighted by molar-refractivity contribution is -0.135. The third kappa shape index (κ3) is 5.92. The van der Waals surface area contributed by atoms with Gasteiger partial charge in [-0.15, -0.1) is 34.2 Å². The first kappa shape index (κ1) is 25.2. The molecule has 1 aromatic rings. The fraction of sp³-hybridized carbons (Fsp3) is 0.818. The minimum atomic E-state index is -0.0359. The number of carbonyl (C=O) groups is 1. The third-order valence-corrected chi connectivity index (χ3v) is 6.83. The Kier molecular flexibility index (Phi) is 9.57. The van der Waals surface area contributed by atoms with Crippen molar-refractivity contribution in [3.63, 3.8) is 0 Å². The molecule has 2 fully saturated rings. The molecule has 3 aliphatic rings. The van der Waals surface area contributed by atoms with Crippen molar-refractivity contribution >= 4 is 35.8 Å². The monoisotopic (exact) mass is 558 g/mol. The SMILES string of the molecule is CCNC(=NCc1nnc2n1CCCCC2)N1CCN(C(C)C(=O)N2CCCC2)CC1.I. The van der Waals surface area contributed by atoms with E-state index in [1.807, 2.05) is 4.90 Å². The number of carbonyl (C=O) groups excluding carboxylic acids is 1. The molecule has 1 N–H and O–H groups in total. The number of likely N-dealkylation sites (tertiary alicyclic amines) is 1. The first-order chi connectivity index (χ1) is 15.2. The molecule has 10 heteroatoms. The maximum absolute atomic E-state index is 12.8. The fourth-order valence-corrected chi connectivity index (χ4v) is 4.91. The van der Waals surface area contributed by atoms with Gasteiger partial charge in [-0.05, 0) is 39.5 Å². The molecule has 0 spiro atoms. The van der Waals surface area contributed by atoms with Crippen LogP contribution in [0.2, 0.25) is 0 Å². The number of aromatic nitrogens is 3. The Morgan fingerprint density at radius 2 is 1.69 bits per heavy atom. The Hall–Kier alpha value is -1.43. The molecule has 2 saturated heterocycles. The van der Waals surface area contributed by atoms with E-state index in [9.17, 15) is 4.79 Å². The second-order valence-corrected chi connectivity index (χ2v) is 8.90. The van der Waals surface area contributed by atoms with Gasteiger partial charge in [0, 0.05) is 58.8 Å². The molecule has 1 aromatic heterocycles. The zero-order valence-corrected chi connectivity index (χ0v) is 22.0. The highest BCUT2D eigenvalue weighted by Crippen LogP contribution is 2.16. The summed E-state index contributed by atoms with van der Waals surface area (Å²) in [5.41, 5.74) is 0. The number of aryl methyl sites for hydroxylation is 1. The Bertz CT molecular complexity index is 768. The number of rotatable bonds is 5. The van der Waals surface area contributed by atoms with Crippen LogP contribution in [0.3, 0.4) is 0 Å². The van der Waals surface area contributed by atoms with Crippen LogP contribution >= 0.6 is 24.0 Å². The second kappa shape index (κ2) is 12.2. The number of hydrogen-bond acceptors (Lipinski definition) is 5. The van der Waals surface area contributed by atoms with Gasteiger partial charge in [-0.2, -0.15) is 0 Å². The average molecular weight is 559 g/mol. The van der Waals surface area contributed by atoms with E-state index in [1.54, 1.807) is 0 Å². The van der Waals surface area contributed by atoms with E-state index in [2.05, 4.69) is 43.7 Å². The van der Waals surface area contributed by atoms with Crippen LogP contribution in [-0.2, 0) is 24.3 Å². The van der Waals surface area contributed by atoms with Gasteiger partial charge in [-0.3, -0.25) is 9.69 Å². The van der Waals surface area contributed by atoms with Crippen molar-refractivity contribution < 1.29 is 4.79 Å². The highest BCUT2D eigenvalue weighted by molar-refractivity contribution is 14.0. The van der Waals surface area contributed by atoms with Crippen LogP contribution in [-0.4, -0.2) is 93.2 Å². The van der Waals surface area contributed by atoms with Crippen molar-refractivity contribution in [1.29, 1.82) is 0 Å². The van der Waals surface area contributed by atoms with E-state index >= 15 is 0 Å². The van der Waals surface area contributed by atoms with Gasteiger partial charge in [0.15, 0.2) is 11.8 Å². The summed E-state index contributed by atoms with van der Waals surface area (Å²) in [4.78, 5) is 24.3. The lowest BCUT2D eigenvalue weighted by atomic mass is 10.2. The normalized spacial score (nSPS) is 21.0. The molecule has 1 unspecified atom stereocenters. The zero-order chi connectivity index (χ0) is 21.6. The van der Waals surface area contributed by atoms with Crippen LogP contribution in [0.25, 0.3) is 0 Å². The standard InChI is InChI=1S/C22H38N8O.HI/c1-3-23-22(24-17-20-26-25-19-9-5-4-6-12-30(19)20)29-15-13-27(14-16-29)18(2)21(31)28-10-7-8-11-28;/h18H,3-17H2,1-2H3,(H,23,24);1H. The predicted octanol–water partition coefficient (Wildman–Crippen LogP) is 1.72. The second-order valence-electron chi connectivity index (χ2n) is 8.90. The summed E-state index contributed by atoms with van der Waals surface area (Å²) in [5, 5.41) is 12.3. The van der Waals surface area contributed by atoms with Crippen molar-refractivity contribution in [2.45, 2.75) is 71.5 Å². The van der Waals surface area contributed by atoms with Crippen molar-refractivity contribution in [3.05, 3.63) is 11.6 Å². The van der Waals surface area contributed by atoms with Gasteiger partial charge < -0.3 is 19.7 Å². The smallest absolute Gasteiger partial charge is 0.239 e. The summed E-state index contributed by atoms with van der Waals surface area (Å²) in [6.45, 7) is 11.9. The van der Waals surface area contributed by atoms with Gasteiger partial charge in [0.05, 0.1) is 6.04 Å². The highest BCUT2D eigenvalue weighted by atomic mass is 127. The van der Waals surface area contributed by atoms with Crippen molar-refractivity contribution in [3.8, 4) is 0 Å². The van der Waals surface area contributed by atoms with Crippen LogP contribution in [0.4, 0.5) is 0 Å². The van der Waals surface area contributed by atoms with Gasteiger partial charge in [-0.25, -0.2) is 4.99 Å². The molecule has 32 heavy (non-hydrogen) atoms. The number of fused-ring (bicyclic) bond motifs is 1. The molecule has 1 amide bonds. The largest absolute Gasteiger partial charge is 0.357 e. The highest BCUT2D eigenvalue weighted by Gasteiger charge is 2.30. The van der Waals surface area contributed by atoms with Gasteiger partial charge in [-0.1, -0.05) is 6.42 Å². The Morgan fingerprint density at radius 1 is 0.969 bits per heavy atom. The number of nitrogens with zero attached hydrogens (tertiary/aromatic N) is 7. The summed E-state index contributed by atoms with van der Waals surface area (Å²) < 4.78 is 2.27. The summed E-state index contributed by atoms with van der Waals surface area (Å²) in [6, 6.07) is -0.0359. The summed E-state index contributed by atoms with van der Waals surface area (Å²) >= 11 is 0. The van der Waals surface area contributed by atoms with Gasteiger partial charge in [0.1, 0.15) is 12.4 Å². The molecule has 180 valence electrons. The summed E-state index contributed by atoms with van der Waals surface area (Å²) in [5.74, 6) is 3.31. The van der Waals surface area contributed by atoms with Crippen molar-refractivity contribution in [2.24, 2.45) is 4.99 Å². The average Bonchev–Trinajstić information content (AvgIpc) is 3.41. The quantitative estimate of drug-likeness (QED) is 0.337. The number of hydrogen-bond donors (Lipinski definition) is 1. The van der Waals surface area contributed by atoms with E-state index in [4.69, 9.17) is 4.99 Å². The molecule has 0 bridgehead atoms. The molecule has 1 atom stereocenters. The molecule has 3 aliphatic heterocycles. The Balaban J connectivity index is 0.00000289. The zero-order valence-electron chi connectivity index (χ0n) is 19.6. The minimum absolute atomic E-state index is 0. The number of piperazine rings is 1. The lowest BCUT2D eigenvalue weighted by Gasteiger charge is -2.39. The van der Waals surface area contributed by atoms with Crippen molar-refractivity contribution in [2.75, 3.05) is 45.8 Å². The number of guanidine groups is 1. The first-order valence-electron chi connectivity index (χ1n) is 12.1. The fourth-order valence-electron chi connectivity index (χ4n) is 4.91. The van der Waals surface area contributed by atoms with Crippen LogP contribution in [0.5, 0.6) is 0 Å². The molecule has 0 radical (unpaired) electrons. The van der Waals surface area contributed by atoms with E-state index in [0.717, 1.165) is 89.2 Å². The third-order valence-electron chi connectivity index (χ3n) is 6.83. The van der Waals surface area contributed by atoms with Crippen molar-refractivity contribution in [1.82, 2.24) is 34.8 Å². The molecule has 9 nitrogen and oxygen atoms in total. The molecule has 0 aromatic carbocycles. The van der Waals surface area contributed by atoms with Crippen LogP contribution < -0.4 is 5.32 Å². The molecule has 4 rings (SSSR count). The molecule has 0 aliphatic carbocycles. The molecular weight excluding hydrogens is 519 g/mol. The maximum Gasteiger partial charge on any atom is 0.239 e. The number of nitrogens with one attached hydrogen (secondary N) is 1. The number of aliphatic imine (C=N–C) groups is 1. The molecular formula is C22H39IN8O. The number of amides is 1. The van der Waals surface area contributed by atoms with Gasteiger partial charge >= 0.3 is 0 Å². The van der Waals surface area contributed by atoms with E-state index < -0.39 is 0 Å².